The third-order valence-electron chi connectivity index (χ3n) is 14.5. The van der Waals surface area contributed by atoms with Crippen molar-refractivity contribution in [2.45, 2.75) is 142 Å². The lowest BCUT2D eigenvalue weighted by molar-refractivity contribution is -0.125. The number of rotatable bonds is 42. The number of hydrogen-bond acceptors (Lipinski definition) is 15. The topological polar surface area (TPSA) is 324 Å². The highest BCUT2D eigenvalue weighted by Gasteiger charge is 2.29. The van der Waals surface area contributed by atoms with Crippen LogP contribution in [0.5, 0.6) is 0 Å². The van der Waals surface area contributed by atoms with Crippen molar-refractivity contribution in [2.24, 2.45) is 0 Å². The van der Waals surface area contributed by atoms with Crippen molar-refractivity contribution in [3.63, 3.8) is 0 Å². The lowest BCUT2D eigenvalue weighted by Crippen LogP contribution is -2.41. The third kappa shape index (κ3) is 27.8. The fraction of sp³-hybridized carbons (Fsp3) is 0.477. The molecule has 0 bridgehead atoms. The summed E-state index contributed by atoms with van der Waals surface area (Å²) in [6, 6.07) is 30.2. The minimum atomic E-state index is -4.56. The summed E-state index contributed by atoms with van der Waals surface area (Å²) in [5.74, 6) is 10.9. The highest BCUT2D eigenvalue weighted by molar-refractivity contribution is 7.47. The van der Waals surface area contributed by atoms with Crippen LogP contribution in [0.3, 0.4) is 0 Å². The second-order valence-corrected chi connectivity index (χ2v) is 26.1. The molecule has 7 N–H and O–H groups in total. The van der Waals surface area contributed by atoms with Gasteiger partial charge < -0.3 is 45.7 Å². The van der Waals surface area contributed by atoms with E-state index in [9.17, 15) is 57.1 Å². The average molecular weight is 1330 g/mol. The van der Waals surface area contributed by atoms with Gasteiger partial charge in [-0.3, -0.25) is 55.9 Å². The summed E-state index contributed by atoms with van der Waals surface area (Å²) < 4.78 is 67.6. The van der Waals surface area contributed by atoms with Crippen LogP contribution >= 0.6 is 23.5 Å². The molecule has 92 heavy (non-hydrogen) atoms. The Kier molecular flexibility index (Phi) is 32.0. The van der Waals surface area contributed by atoms with Crippen molar-refractivity contribution < 1.29 is 84.3 Å². The first kappa shape index (κ1) is 74.2. The van der Waals surface area contributed by atoms with Crippen LogP contribution < -0.4 is 31.1 Å². The summed E-state index contributed by atoms with van der Waals surface area (Å²) in [5.41, 5.74) is 6.44. The number of amides is 6. The molecule has 3 unspecified atom stereocenters. The summed E-state index contributed by atoms with van der Waals surface area (Å²) in [6.07, 6.45) is 4.80. The van der Waals surface area contributed by atoms with Gasteiger partial charge in [-0.05, 0) is 106 Å². The highest BCUT2D eigenvalue weighted by atomic mass is 31.2. The normalized spacial score (nSPS) is 14.5. The molecule has 2 aliphatic rings. The van der Waals surface area contributed by atoms with Gasteiger partial charge in [0, 0.05) is 87.0 Å². The van der Waals surface area contributed by atoms with Crippen LogP contribution in [0.15, 0.2) is 97.1 Å². The zero-order valence-electron chi connectivity index (χ0n) is 52.0. The van der Waals surface area contributed by atoms with Gasteiger partial charge in [0.25, 0.3) is 0 Å². The molecule has 0 aromatic heterocycles. The number of nitrogens with one attached hydrogen (secondary N) is 4. The maximum Gasteiger partial charge on any atom is 0.472 e. The number of unbranched alkanes of at least 4 members (excludes halogenated alkanes) is 8. The summed E-state index contributed by atoms with van der Waals surface area (Å²) in [4.78, 5) is 111. The van der Waals surface area contributed by atoms with Crippen LogP contribution in [0.25, 0.3) is 0 Å². The molecule has 0 saturated heterocycles. The van der Waals surface area contributed by atoms with Crippen molar-refractivity contribution in [2.75, 3.05) is 69.0 Å². The summed E-state index contributed by atoms with van der Waals surface area (Å²) >= 11 is 0. The van der Waals surface area contributed by atoms with Gasteiger partial charge >= 0.3 is 23.5 Å². The zero-order chi connectivity index (χ0) is 66.0. The number of carbonyl (C=O) groups excluding carboxylic acids is 6. The van der Waals surface area contributed by atoms with Gasteiger partial charge in [-0.2, -0.15) is 0 Å². The molecule has 6 rings (SSSR count). The number of anilines is 2. The van der Waals surface area contributed by atoms with Crippen molar-refractivity contribution in [3.05, 3.63) is 130 Å². The van der Waals surface area contributed by atoms with Crippen LogP contribution in [-0.2, 0) is 82.7 Å². The molecule has 2 aliphatic heterocycles. The van der Waals surface area contributed by atoms with Gasteiger partial charge in [0.1, 0.15) is 6.10 Å². The van der Waals surface area contributed by atoms with E-state index < -0.39 is 41.4 Å². The Morgan fingerprint density at radius 2 is 0.772 bits per heavy atom. The van der Waals surface area contributed by atoms with Crippen molar-refractivity contribution >= 4 is 70.3 Å². The first-order chi connectivity index (χ1) is 44.3. The molecule has 0 aliphatic carbocycles. The van der Waals surface area contributed by atoms with E-state index in [0.29, 0.717) is 88.9 Å². The molecule has 6 amide bonds. The second-order valence-electron chi connectivity index (χ2n) is 21.7. The second kappa shape index (κ2) is 39.6. The van der Waals surface area contributed by atoms with E-state index in [-0.39, 0.29) is 134 Å². The van der Waals surface area contributed by atoms with E-state index in [1.54, 1.807) is 9.80 Å². The van der Waals surface area contributed by atoms with E-state index in [2.05, 4.69) is 44.9 Å². The predicted molar refractivity (Wildman–Crippen MR) is 345 cm³/mol. The van der Waals surface area contributed by atoms with Crippen molar-refractivity contribution in [3.8, 4) is 23.7 Å². The zero-order valence-corrected chi connectivity index (χ0v) is 54.7. The summed E-state index contributed by atoms with van der Waals surface area (Å²) in [5, 5.41) is 10.9. The maximum atomic E-state index is 13.4. The number of phosphoric acid groups is 3. The largest absolute Gasteiger partial charge is 0.472 e. The monoisotopic (exact) mass is 1330 g/mol. The van der Waals surface area contributed by atoms with Gasteiger partial charge in [-0.1, -0.05) is 110 Å². The van der Waals surface area contributed by atoms with E-state index >= 15 is 0 Å². The quantitative estimate of drug-likeness (QED) is 0.0123. The number of phosphoric ester groups is 3. The fourth-order valence-electron chi connectivity index (χ4n) is 9.65. The molecule has 0 saturated carbocycles. The molecule has 3 atom stereocenters. The first-order valence-electron chi connectivity index (χ1n) is 31.2. The smallest absolute Gasteiger partial charge is 0.356 e. The molecule has 0 radical (unpaired) electrons. The van der Waals surface area contributed by atoms with Crippen LogP contribution in [0.4, 0.5) is 11.4 Å². The van der Waals surface area contributed by atoms with Gasteiger partial charge in [-0.25, -0.2) is 13.7 Å². The van der Waals surface area contributed by atoms with Gasteiger partial charge in [-0.15, -0.1) is 0 Å². The van der Waals surface area contributed by atoms with Crippen molar-refractivity contribution in [1.82, 2.24) is 21.3 Å². The van der Waals surface area contributed by atoms with E-state index in [0.717, 1.165) is 33.4 Å². The minimum Gasteiger partial charge on any atom is -0.356 e. The van der Waals surface area contributed by atoms with Gasteiger partial charge in [0.15, 0.2) is 0 Å². The van der Waals surface area contributed by atoms with Crippen LogP contribution in [-0.4, -0.2) is 115 Å². The number of benzene rings is 4. The van der Waals surface area contributed by atoms with Crippen LogP contribution in [0.2, 0.25) is 0 Å². The van der Waals surface area contributed by atoms with Crippen molar-refractivity contribution in [1.29, 1.82) is 0 Å². The minimum absolute atomic E-state index is 0.0292. The third-order valence-corrected chi connectivity index (χ3v) is 17.7. The lowest BCUT2D eigenvalue weighted by atomic mass is 10.0. The maximum absolute atomic E-state index is 13.4. The average Bonchev–Trinajstić information content (AvgIpc) is 0.831. The molecule has 0 spiro atoms. The Hall–Kier alpha value is -6.85. The fourth-order valence-corrected chi connectivity index (χ4v) is 12.2. The number of fused-ring (bicyclic) bond motifs is 4. The Morgan fingerprint density at radius 3 is 1.18 bits per heavy atom. The van der Waals surface area contributed by atoms with Crippen LogP contribution in [0.1, 0.15) is 156 Å². The molecule has 4 aromatic carbocycles. The molecule has 4 aromatic rings. The summed E-state index contributed by atoms with van der Waals surface area (Å²) in [6.45, 7) is 1.85. The first-order valence-corrected chi connectivity index (χ1v) is 35.7. The number of hydrogen-bond donors (Lipinski definition) is 7. The molecule has 24 nitrogen and oxygen atoms in total. The molecule has 2 heterocycles. The Morgan fingerprint density at radius 1 is 0.424 bits per heavy atom. The standard InChI is InChI=1S/C65H85N6O18P3/c1-2-84-92(82,83)89-57(47-68-60(72)31-15-21-45-87-90(78,79)85-43-19-5-3-17-41-66-62(74)37-39-64(76)70-49-55-27-9-7-23-51(55)33-35-53-25-11-13-29-58(53)70)48-69-61(73)32-16-22-46-88-91(80,81)86-44-20-6-4-18-42-67-63(75)38-40-65(77)71-50-56-28-10-8-24-52(56)34-36-54-26-12-14-30-59(54)71/h7-14,23-30,57H,2-6,15-22,31-32,37-50H2,1H3,(H,66,74)(H,67,75)(H,68,72)(H,69,73)(H,78,79)(H,80,81)(H,82,83). The highest BCUT2D eigenvalue weighted by Crippen LogP contribution is 2.45. The molecule has 498 valence electrons. The predicted octanol–water partition coefficient (Wildman–Crippen LogP) is 9.16. The SMILES string of the molecule is CCOP(=O)(O)OC(CNC(=O)CCCCOP(=O)(O)OCCCCCCNC(=O)CCC(=O)N1Cc2ccccc2C#Cc2ccccc21)CNC(=O)CCCCOP(=O)(O)OCCCCCCNC(=O)CCC(=O)N1Cc2ccccc2C#Cc2ccccc21. The van der Waals surface area contributed by atoms with Gasteiger partial charge in [0.2, 0.25) is 35.4 Å². The number of para-hydroxylation sites is 2. The Balaban J connectivity index is 0.735. The van der Waals surface area contributed by atoms with E-state index in [1.165, 1.54) is 6.92 Å². The molecular weight excluding hydrogens is 1250 g/mol. The molecular formula is C65H85N6O18P3. The van der Waals surface area contributed by atoms with E-state index in [4.69, 9.17) is 27.1 Å². The molecule has 0 fully saturated rings. The number of carbonyl (C=O) groups is 6. The van der Waals surface area contributed by atoms with Gasteiger partial charge in [0.05, 0.1) is 57.5 Å². The number of nitrogens with zero attached hydrogens (tertiary/aromatic N) is 2. The van der Waals surface area contributed by atoms with Crippen LogP contribution in [0, 0.1) is 23.7 Å². The lowest BCUT2D eigenvalue weighted by Gasteiger charge is -2.26. The van der Waals surface area contributed by atoms with E-state index in [1.807, 2.05) is 97.1 Å². The Labute approximate surface area is 538 Å². The summed E-state index contributed by atoms with van der Waals surface area (Å²) in [7, 11) is -13.3. The Bertz CT molecular complexity index is 3180. The molecule has 27 heteroatoms.